The summed E-state index contributed by atoms with van der Waals surface area (Å²) in [5.41, 5.74) is 3.00. The van der Waals surface area contributed by atoms with Crippen molar-refractivity contribution >= 4 is 16.7 Å². The number of rotatable bonds is 8. The fourth-order valence-electron chi connectivity index (χ4n) is 5.38. The van der Waals surface area contributed by atoms with Crippen LogP contribution in [0.2, 0.25) is 0 Å². The van der Waals surface area contributed by atoms with Gasteiger partial charge in [0.1, 0.15) is 0 Å². The van der Waals surface area contributed by atoms with Crippen molar-refractivity contribution in [2.45, 2.75) is 57.7 Å². The largest absolute Gasteiger partial charge is 0.345 e. The topological polar surface area (TPSA) is 63.1 Å². The minimum Gasteiger partial charge on any atom is -0.345 e. The maximum absolute atomic E-state index is 14.1. The molecule has 0 unspecified atom stereocenters. The molecule has 0 saturated heterocycles. The van der Waals surface area contributed by atoms with Gasteiger partial charge < -0.3 is 10.6 Å². The van der Waals surface area contributed by atoms with Gasteiger partial charge >= 0.3 is 0 Å². The first-order chi connectivity index (χ1) is 17.7. The second-order valence-electron chi connectivity index (χ2n) is 9.55. The number of nitrogens with one attached hydrogen (secondary N) is 2. The van der Waals surface area contributed by atoms with Gasteiger partial charge in [0.2, 0.25) is 0 Å². The van der Waals surface area contributed by atoms with Gasteiger partial charge in [-0.15, -0.1) is 0 Å². The molecule has 1 atom stereocenters. The zero-order chi connectivity index (χ0) is 24.9. The molecule has 5 heteroatoms. The molecule has 1 saturated carbocycles. The third-order valence-electron chi connectivity index (χ3n) is 7.26. The van der Waals surface area contributed by atoms with Crippen molar-refractivity contribution in [2.24, 2.45) is 0 Å². The number of carbonyl (C=O) groups excluding carboxylic acids is 1. The Kier molecular flexibility index (Phi) is 7.28. The molecule has 2 N–H and O–H groups in total. The standard InChI is InChI=1S/C31H33N3O2/c1-2-27(22-13-5-3-6-14-22)33-30(35)29-25-19-11-12-20-26(25)31(36)34(24-17-7-4-8-18-24)28(29)21-32-23-15-9-10-16-23/h3-8,11-14,17-20,23,27,32H,2,9-10,15-16,21H2,1H3,(H,33,35)/t27-/m0/s1. The molecule has 1 aliphatic rings. The first-order valence-electron chi connectivity index (χ1n) is 13.0. The number of amides is 1. The fourth-order valence-corrected chi connectivity index (χ4v) is 5.38. The molecule has 4 aromatic rings. The summed E-state index contributed by atoms with van der Waals surface area (Å²) in [4.78, 5) is 27.9. The molecular weight excluding hydrogens is 446 g/mol. The van der Waals surface area contributed by atoms with E-state index in [0.29, 0.717) is 34.6 Å². The van der Waals surface area contributed by atoms with E-state index in [1.165, 1.54) is 12.8 Å². The van der Waals surface area contributed by atoms with Crippen LogP contribution in [0.5, 0.6) is 0 Å². The Balaban J connectivity index is 1.67. The fraction of sp³-hybridized carbons (Fsp3) is 0.290. The van der Waals surface area contributed by atoms with Gasteiger partial charge in [0.15, 0.2) is 0 Å². The van der Waals surface area contributed by atoms with Crippen LogP contribution in [0.3, 0.4) is 0 Å². The predicted octanol–water partition coefficient (Wildman–Crippen LogP) is 5.90. The average Bonchev–Trinajstić information content (AvgIpc) is 3.45. The van der Waals surface area contributed by atoms with E-state index in [4.69, 9.17) is 0 Å². The van der Waals surface area contributed by atoms with Gasteiger partial charge in [0, 0.05) is 29.0 Å². The molecular formula is C31H33N3O2. The van der Waals surface area contributed by atoms with Gasteiger partial charge in [-0.05, 0) is 43.0 Å². The lowest BCUT2D eigenvalue weighted by Crippen LogP contribution is -2.36. The van der Waals surface area contributed by atoms with Crippen LogP contribution in [0.25, 0.3) is 16.5 Å². The van der Waals surface area contributed by atoms with Crippen molar-refractivity contribution < 1.29 is 4.79 Å². The molecule has 0 bridgehead atoms. The second kappa shape index (κ2) is 10.9. The minimum absolute atomic E-state index is 0.105. The van der Waals surface area contributed by atoms with Crippen LogP contribution in [0.1, 0.15) is 66.7 Å². The average molecular weight is 480 g/mol. The van der Waals surface area contributed by atoms with Gasteiger partial charge in [-0.3, -0.25) is 14.2 Å². The molecule has 1 fully saturated rings. The summed E-state index contributed by atoms with van der Waals surface area (Å²) in [6.07, 6.45) is 5.43. The number of nitrogens with zero attached hydrogens (tertiary/aromatic N) is 1. The summed E-state index contributed by atoms with van der Waals surface area (Å²) in [6, 6.07) is 27.4. The zero-order valence-corrected chi connectivity index (χ0v) is 20.7. The summed E-state index contributed by atoms with van der Waals surface area (Å²) in [6.45, 7) is 2.52. The highest BCUT2D eigenvalue weighted by Gasteiger charge is 2.25. The summed E-state index contributed by atoms with van der Waals surface area (Å²) >= 11 is 0. The molecule has 184 valence electrons. The van der Waals surface area contributed by atoms with Crippen LogP contribution in [0.15, 0.2) is 89.7 Å². The molecule has 1 aromatic heterocycles. The van der Waals surface area contributed by atoms with E-state index in [0.717, 1.165) is 30.5 Å². The number of hydrogen-bond acceptors (Lipinski definition) is 3. The molecule has 5 rings (SSSR count). The Bertz CT molecular complexity index is 1390. The van der Waals surface area contributed by atoms with Gasteiger partial charge in [0.05, 0.1) is 17.3 Å². The van der Waals surface area contributed by atoms with Crippen molar-refractivity contribution in [3.8, 4) is 5.69 Å². The van der Waals surface area contributed by atoms with Crippen molar-refractivity contribution in [1.29, 1.82) is 0 Å². The molecule has 3 aromatic carbocycles. The quantitative estimate of drug-likeness (QED) is 0.331. The van der Waals surface area contributed by atoms with Crippen LogP contribution in [0.4, 0.5) is 0 Å². The Morgan fingerprint density at radius 1 is 0.889 bits per heavy atom. The van der Waals surface area contributed by atoms with Crippen LogP contribution < -0.4 is 16.2 Å². The smallest absolute Gasteiger partial charge is 0.263 e. The summed E-state index contributed by atoms with van der Waals surface area (Å²) < 4.78 is 1.72. The maximum atomic E-state index is 14.1. The Morgan fingerprint density at radius 2 is 1.50 bits per heavy atom. The lowest BCUT2D eigenvalue weighted by atomic mass is 9.99. The molecule has 0 radical (unpaired) electrons. The third-order valence-corrected chi connectivity index (χ3v) is 7.26. The van der Waals surface area contributed by atoms with E-state index in [9.17, 15) is 9.59 Å². The normalized spacial score (nSPS) is 14.7. The van der Waals surface area contributed by atoms with Crippen molar-refractivity contribution in [3.05, 3.63) is 112 Å². The maximum Gasteiger partial charge on any atom is 0.263 e. The SMILES string of the molecule is CC[C@H](NC(=O)c1c(CNC2CCCC2)n(-c2ccccc2)c(=O)c2ccccc12)c1ccccc1. The highest BCUT2D eigenvalue weighted by molar-refractivity contribution is 6.08. The minimum atomic E-state index is -0.158. The number of hydrogen-bond donors (Lipinski definition) is 2. The molecule has 1 amide bonds. The summed E-state index contributed by atoms with van der Waals surface area (Å²) in [5.74, 6) is -0.158. The van der Waals surface area contributed by atoms with Crippen molar-refractivity contribution in [1.82, 2.24) is 15.2 Å². The molecule has 36 heavy (non-hydrogen) atoms. The number of fused-ring (bicyclic) bond motifs is 1. The molecule has 0 spiro atoms. The first-order valence-corrected chi connectivity index (χ1v) is 13.0. The van der Waals surface area contributed by atoms with Crippen LogP contribution in [-0.2, 0) is 6.54 Å². The highest BCUT2D eigenvalue weighted by atomic mass is 16.2. The zero-order valence-electron chi connectivity index (χ0n) is 20.7. The number of aromatic nitrogens is 1. The van der Waals surface area contributed by atoms with E-state index in [2.05, 4.69) is 17.6 Å². The monoisotopic (exact) mass is 479 g/mol. The van der Waals surface area contributed by atoms with E-state index in [1.54, 1.807) is 4.57 Å². The number of benzene rings is 3. The van der Waals surface area contributed by atoms with Gasteiger partial charge in [0.25, 0.3) is 11.5 Å². The number of carbonyl (C=O) groups is 1. The van der Waals surface area contributed by atoms with Gasteiger partial charge in [-0.2, -0.15) is 0 Å². The Hall–Kier alpha value is -3.70. The number of para-hydroxylation sites is 1. The van der Waals surface area contributed by atoms with Crippen LogP contribution >= 0.6 is 0 Å². The van der Waals surface area contributed by atoms with Gasteiger partial charge in [-0.25, -0.2) is 0 Å². The summed E-state index contributed by atoms with van der Waals surface area (Å²) in [5, 5.41) is 8.17. The second-order valence-corrected chi connectivity index (χ2v) is 9.55. The van der Waals surface area contributed by atoms with Crippen LogP contribution in [0, 0.1) is 0 Å². The summed E-state index contributed by atoms with van der Waals surface area (Å²) in [7, 11) is 0. The molecule has 0 aliphatic heterocycles. The molecule has 1 heterocycles. The molecule has 1 aliphatic carbocycles. The van der Waals surface area contributed by atoms with Crippen LogP contribution in [-0.4, -0.2) is 16.5 Å². The van der Waals surface area contributed by atoms with E-state index in [-0.39, 0.29) is 17.5 Å². The van der Waals surface area contributed by atoms with E-state index in [1.807, 2.05) is 84.9 Å². The Labute approximate surface area is 212 Å². The van der Waals surface area contributed by atoms with Crippen molar-refractivity contribution in [3.63, 3.8) is 0 Å². The molecule has 5 nitrogen and oxygen atoms in total. The van der Waals surface area contributed by atoms with Crippen molar-refractivity contribution in [2.75, 3.05) is 0 Å². The lowest BCUT2D eigenvalue weighted by molar-refractivity contribution is 0.0935. The van der Waals surface area contributed by atoms with E-state index >= 15 is 0 Å². The number of pyridine rings is 1. The Morgan fingerprint density at radius 3 is 2.17 bits per heavy atom. The lowest BCUT2D eigenvalue weighted by Gasteiger charge is -2.23. The third kappa shape index (κ3) is 4.84. The van der Waals surface area contributed by atoms with Gasteiger partial charge in [-0.1, -0.05) is 86.5 Å². The first kappa shape index (κ1) is 24.0. The van der Waals surface area contributed by atoms with E-state index < -0.39 is 0 Å². The highest BCUT2D eigenvalue weighted by Crippen LogP contribution is 2.26. The predicted molar refractivity (Wildman–Crippen MR) is 146 cm³/mol.